The maximum Gasteiger partial charge on any atom is 0.0712 e. The molecule has 2 atom stereocenters. The minimum absolute atomic E-state index is 0.422. The highest BCUT2D eigenvalue weighted by molar-refractivity contribution is 4.79. The molecule has 0 aromatic heterocycles. The third kappa shape index (κ3) is 3.72. The predicted molar refractivity (Wildman–Crippen MR) is 61.1 cm³/mol. The summed E-state index contributed by atoms with van der Waals surface area (Å²) in [4.78, 5) is 2.39. The first-order valence-electron chi connectivity index (χ1n) is 6.09. The third-order valence-corrected chi connectivity index (χ3v) is 3.30. The molecule has 15 heavy (non-hydrogen) atoms. The van der Waals surface area contributed by atoms with Gasteiger partial charge in [0.15, 0.2) is 0 Å². The Morgan fingerprint density at radius 2 is 2.47 bits per heavy atom. The largest absolute Gasteiger partial charge is 0.376 e. The smallest absolute Gasteiger partial charge is 0.0712 e. The summed E-state index contributed by atoms with van der Waals surface area (Å²) in [7, 11) is 2.19. The molecular formula is C11H23N3O. The summed E-state index contributed by atoms with van der Waals surface area (Å²) in [6, 6.07) is 0.701. The summed E-state index contributed by atoms with van der Waals surface area (Å²) in [5.74, 6) is 0. The Hall–Kier alpha value is -0.160. The number of nitrogens with zero attached hydrogens (tertiary/aromatic N) is 1. The summed E-state index contributed by atoms with van der Waals surface area (Å²) in [5, 5.41) is 6.97. The Labute approximate surface area is 92.4 Å². The molecule has 0 spiro atoms. The first-order valence-corrected chi connectivity index (χ1v) is 6.09. The number of likely N-dealkylation sites (N-methyl/N-ethyl adjacent to an activating group) is 1. The molecule has 4 heteroatoms. The van der Waals surface area contributed by atoms with E-state index < -0.39 is 0 Å². The molecule has 4 nitrogen and oxygen atoms in total. The van der Waals surface area contributed by atoms with Crippen LogP contribution in [0.15, 0.2) is 0 Å². The molecule has 2 heterocycles. The number of ether oxygens (including phenoxy) is 1. The van der Waals surface area contributed by atoms with Gasteiger partial charge in [-0.3, -0.25) is 0 Å². The van der Waals surface area contributed by atoms with Crippen LogP contribution in [0, 0.1) is 0 Å². The van der Waals surface area contributed by atoms with E-state index in [1.54, 1.807) is 0 Å². The fourth-order valence-corrected chi connectivity index (χ4v) is 2.36. The molecule has 2 unspecified atom stereocenters. The van der Waals surface area contributed by atoms with E-state index in [0.717, 1.165) is 32.7 Å². The Bertz CT molecular complexity index is 178. The molecule has 2 aliphatic heterocycles. The second-order valence-electron chi connectivity index (χ2n) is 4.69. The lowest BCUT2D eigenvalue weighted by atomic mass is 10.2. The highest BCUT2D eigenvalue weighted by Gasteiger charge is 2.19. The zero-order chi connectivity index (χ0) is 10.5. The quantitative estimate of drug-likeness (QED) is 0.670. The zero-order valence-electron chi connectivity index (χ0n) is 9.67. The van der Waals surface area contributed by atoms with Crippen molar-refractivity contribution in [3.63, 3.8) is 0 Å². The normalized spacial score (nSPS) is 33.4. The average molecular weight is 213 g/mol. The SMILES string of the molecule is CN1CCC(NCCC2CNCCO2)C1. The van der Waals surface area contributed by atoms with Crippen molar-refractivity contribution in [2.75, 3.05) is 46.4 Å². The standard InChI is InChI=1S/C11H23N3O/c1-14-6-3-10(9-14)13-4-2-11-8-12-5-7-15-11/h10-13H,2-9H2,1H3. The van der Waals surface area contributed by atoms with Crippen LogP contribution in [0.1, 0.15) is 12.8 Å². The van der Waals surface area contributed by atoms with Crippen molar-refractivity contribution >= 4 is 0 Å². The molecule has 2 N–H and O–H groups in total. The molecule has 2 fully saturated rings. The lowest BCUT2D eigenvalue weighted by Crippen LogP contribution is -2.41. The molecule has 0 amide bonds. The molecule has 0 aromatic carbocycles. The van der Waals surface area contributed by atoms with Crippen molar-refractivity contribution < 1.29 is 4.74 Å². The van der Waals surface area contributed by atoms with E-state index in [1.165, 1.54) is 19.5 Å². The molecule has 0 saturated carbocycles. The van der Waals surface area contributed by atoms with Crippen molar-refractivity contribution in [3.05, 3.63) is 0 Å². The topological polar surface area (TPSA) is 36.5 Å². The fraction of sp³-hybridized carbons (Fsp3) is 1.00. The van der Waals surface area contributed by atoms with Crippen LogP contribution in [0.3, 0.4) is 0 Å². The molecule has 2 aliphatic rings. The van der Waals surface area contributed by atoms with Gasteiger partial charge < -0.3 is 20.3 Å². The molecule has 0 bridgehead atoms. The number of nitrogens with one attached hydrogen (secondary N) is 2. The first-order chi connectivity index (χ1) is 7.34. The highest BCUT2D eigenvalue weighted by Crippen LogP contribution is 2.06. The van der Waals surface area contributed by atoms with Gasteiger partial charge in [0.1, 0.15) is 0 Å². The number of morpholine rings is 1. The Morgan fingerprint density at radius 3 is 3.13 bits per heavy atom. The summed E-state index contributed by atoms with van der Waals surface area (Å²) < 4.78 is 5.65. The molecule has 0 aromatic rings. The van der Waals surface area contributed by atoms with Crippen LogP contribution in [0.5, 0.6) is 0 Å². The third-order valence-electron chi connectivity index (χ3n) is 3.30. The van der Waals surface area contributed by atoms with Crippen LogP contribution >= 0.6 is 0 Å². The number of likely N-dealkylation sites (tertiary alicyclic amines) is 1. The van der Waals surface area contributed by atoms with Crippen molar-refractivity contribution in [3.8, 4) is 0 Å². The van der Waals surface area contributed by atoms with Crippen LogP contribution in [0.2, 0.25) is 0 Å². The summed E-state index contributed by atoms with van der Waals surface area (Å²) >= 11 is 0. The van der Waals surface area contributed by atoms with Crippen LogP contribution in [-0.4, -0.2) is 63.4 Å². The van der Waals surface area contributed by atoms with Crippen molar-refractivity contribution in [1.29, 1.82) is 0 Å². The predicted octanol–water partition coefficient (Wildman–Crippen LogP) is -0.341. The van der Waals surface area contributed by atoms with Crippen molar-refractivity contribution in [2.45, 2.75) is 25.0 Å². The summed E-state index contributed by atoms with van der Waals surface area (Å²) in [5.41, 5.74) is 0. The van der Waals surface area contributed by atoms with E-state index in [-0.39, 0.29) is 0 Å². The lowest BCUT2D eigenvalue weighted by Gasteiger charge is -2.24. The van der Waals surface area contributed by atoms with Gasteiger partial charge >= 0.3 is 0 Å². The van der Waals surface area contributed by atoms with E-state index in [4.69, 9.17) is 4.74 Å². The second kappa shape index (κ2) is 5.80. The Kier molecular flexibility index (Phi) is 4.38. The van der Waals surface area contributed by atoms with Crippen LogP contribution in [0.4, 0.5) is 0 Å². The Morgan fingerprint density at radius 1 is 1.53 bits per heavy atom. The molecule has 0 radical (unpaired) electrons. The zero-order valence-corrected chi connectivity index (χ0v) is 9.67. The summed E-state index contributed by atoms with van der Waals surface area (Å²) in [6.45, 7) is 6.42. The van der Waals surface area contributed by atoms with Gasteiger partial charge in [-0.25, -0.2) is 0 Å². The van der Waals surface area contributed by atoms with Gasteiger partial charge in [0.05, 0.1) is 12.7 Å². The van der Waals surface area contributed by atoms with E-state index in [1.807, 2.05) is 0 Å². The van der Waals surface area contributed by atoms with Crippen molar-refractivity contribution in [1.82, 2.24) is 15.5 Å². The highest BCUT2D eigenvalue weighted by atomic mass is 16.5. The van der Waals surface area contributed by atoms with Crippen LogP contribution in [0.25, 0.3) is 0 Å². The number of hydrogen-bond donors (Lipinski definition) is 2. The molecular weight excluding hydrogens is 190 g/mol. The van der Waals surface area contributed by atoms with E-state index in [2.05, 4.69) is 22.6 Å². The second-order valence-corrected chi connectivity index (χ2v) is 4.69. The van der Waals surface area contributed by atoms with Gasteiger partial charge in [-0.05, 0) is 33.0 Å². The van der Waals surface area contributed by atoms with Gasteiger partial charge in [0, 0.05) is 25.7 Å². The van der Waals surface area contributed by atoms with E-state index in [0.29, 0.717) is 12.1 Å². The van der Waals surface area contributed by atoms with Crippen LogP contribution < -0.4 is 10.6 Å². The Balaban J connectivity index is 1.54. The van der Waals surface area contributed by atoms with Gasteiger partial charge in [-0.15, -0.1) is 0 Å². The minimum atomic E-state index is 0.422. The number of rotatable bonds is 4. The first kappa shape index (κ1) is 11.3. The monoisotopic (exact) mass is 213 g/mol. The van der Waals surface area contributed by atoms with Gasteiger partial charge in [-0.2, -0.15) is 0 Å². The molecule has 0 aliphatic carbocycles. The lowest BCUT2D eigenvalue weighted by molar-refractivity contribution is 0.0235. The van der Waals surface area contributed by atoms with Gasteiger partial charge in [0.25, 0.3) is 0 Å². The maximum absolute atomic E-state index is 5.65. The van der Waals surface area contributed by atoms with Gasteiger partial charge in [-0.1, -0.05) is 0 Å². The molecule has 2 saturated heterocycles. The van der Waals surface area contributed by atoms with Gasteiger partial charge in [0.2, 0.25) is 0 Å². The average Bonchev–Trinajstić information content (AvgIpc) is 2.66. The molecule has 2 rings (SSSR count). The van der Waals surface area contributed by atoms with Crippen LogP contribution in [-0.2, 0) is 4.74 Å². The van der Waals surface area contributed by atoms with E-state index >= 15 is 0 Å². The summed E-state index contributed by atoms with van der Waals surface area (Å²) in [6.07, 6.45) is 2.85. The number of hydrogen-bond acceptors (Lipinski definition) is 4. The van der Waals surface area contributed by atoms with Crippen molar-refractivity contribution in [2.24, 2.45) is 0 Å². The minimum Gasteiger partial charge on any atom is -0.376 e. The van der Waals surface area contributed by atoms with E-state index in [9.17, 15) is 0 Å². The molecule has 88 valence electrons. The fourth-order valence-electron chi connectivity index (χ4n) is 2.36. The maximum atomic E-state index is 5.65.